The molecule has 0 spiro atoms. The van der Waals surface area contributed by atoms with E-state index in [4.69, 9.17) is 15.2 Å². The van der Waals surface area contributed by atoms with Crippen molar-refractivity contribution in [3.8, 4) is 5.75 Å². The smallest absolute Gasteiger partial charge is 0.251 e. The summed E-state index contributed by atoms with van der Waals surface area (Å²) in [6, 6.07) is 4.92. The summed E-state index contributed by atoms with van der Waals surface area (Å²) in [5.74, 6) is 0.370. The van der Waals surface area contributed by atoms with Crippen LogP contribution in [0.5, 0.6) is 5.75 Å². The first-order valence-electron chi connectivity index (χ1n) is 5.98. The molecule has 0 heterocycles. The fraction of sp³-hybridized carbons (Fsp3) is 0.357. The summed E-state index contributed by atoms with van der Waals surface area (Å²) in [5, 5.41) is 2.75. The van der Waals surface area contributed by atoms with E-state index in [0.29, 0.717) is 36.8 Å². The van der Waals surface area contributed by atoms with E-state index in [1.165, 1.54) is 7.11 Å². The Hall–Kier alpha value is -2.01. The van der Waals surface area contributed by atoms with Gasteiger partial charge >= 0.3 is 0 Å². The van der Waals surface area contributed by atoms with E-state index >= 15 is 0 Å². The molecule has 104 valence electrons. The van der Waals surface area contributed by atoms with Gasteiger partial charge in [0.2, 0.25) is 0 Å². The molecule has 0 aliphatic heterocycles. The standard InChI is InChI=1S/C14H20N2O3/c1-10(2)9-19-7-6-16-14(17)11-4-5-13(18-3)12(15)8-11/h4-5,8H,1,6-7,9,15H2,2-3H3,(H,16,17). The maximum atomic E-state index is 11.8. The van der Waals surface area contributed by atoms with E-state index in [0.717, 1.165) is 5.57 Å². The summed E-state index contributed by atoms with van der Waals surface area (Å²) in [7, 11) is 1.53. The van der Waals surface area contributed by atoms with E-state index in [1.807, 2.05) is 6.92 Å². The van der Waals surface area contributed by atoms with Gasteiger partial charge in [0.25, 0.3) is 5.91 Å². The van der Waals surface area contributed by atoms with Crippen molar-refractivity contribution in [2.24, 2.45) is 0 Å². The highest BCUT2D eigenvalue weighted by molar-refractivity contribution is 5.95. The Morgan fingerprint density at radius 2 is 2.21 bits per heavy atom. The number of nitrogens with two attached hydrogens (primary N) is 1. The van der Waals surface area contributed by atoms with Crippen molar-refractivity contribution in [2.45, 2.75) is 6.92 Å². The monoisotopic (exact) mass is 264 g/mol. The molecule has 0 aromatic heterocycles. The molecule has 5 nitrogen and oxygen atoms in total. The zero-order valence-corrected chi connectivity index (χ0v) is 11.4. The molecule has 5 heteroatoms. The van der Waals surface area contributed by atoms with E-state index < -0.39 is 0 Å². The lowest BCUT2D eigenvalue weighted by atomic mass is 10.2. The van der Waals surface area contributed by atoms with Gasteiger partial charge in [-0.25, -0.2) is 0 Å². The van der Waals surface area contributed by atoms with E-state index in [-0.39, 0.29) is 5.91 Å². The number of carbonyl (C=O) groups excluding carboxylic acids is 1. The minimum Gasteiger partial charge on any atom is -0.495 e. The van der Waals surface area contributed by atoms with Crippen molar-refractivity contribution in [3.05, 3.63) is 35.9 Å². The number of nitrogens with one attached hydrogen (secondary N) is 1. The second-order valence-corrected chi connectivity index (χ2v) is 4.22. The van der Waals surface area contributed by atoms with Crippen LogP contribution < -0.4 is 15.8 Å². The van der Waals surface area contributed by atoms with E-state index in [2.05, 4.69) is 11.9 Å². The molecule has 1 rings (SSSR count). The van der Waals surface area contributed by atoms with Crippen molar-refractivity contribution >= 4 is 11.6 Å². The van der Waals surface area contributed by atoms with Crippen LogP contribution in [0, 0.1) is 0 Å². The topological polar surface area (TPSA) is 73.6 Å². The van der Waals surface area contributed by atoms with Crippen molar-refractivity contribution in [1.82, 2.24) is 5.32 Å². The maximum Gasteiger partial charge on any atom is 0.251 e. The van der Waals surface area contributed by atoms with Crippen LogP contribution in [0.1, 0.15) is 17.3 Å². The number of nitrogen functional groups attached to an aromatic ring is 1. The van der Waals surface area contributed by atoms with Gasteiger partial charge in [-0.15, -0.1) is 0 Å². The molecular weight excluding hydrogens is 244 g/mol. The number of carbonyl (C=O) groups is 1. The molecule has 0 aliphatic rings. The van der Waals surface area contributed by atoms with Gasteiger partial charge < -0.3 is 20.5 Å². The number of rotatable bonds is 7. The lowest BCUT2D eigenvalue weighted by molar-refractivity contribution is 0.0927. The highest BCUT2D eigenvalue weighted by Gasteiger charge is 2.07. The first kappa shape index (κ1) is 15.0. The number of methoxy groups -OCH3 is 1. The molecule has 0 unspecified atom stereocenters. The summed E-state index contributed by atoms with van der Waals surface area (Å²) in [6.45, 7) is 7.01. The largest absolute Gasteiger partial charge is 0.495 e. The molecule has 0 saturated heterocycles. The number of amides is 1. The van der Waals surface area contributed by atoms with Crippen LogP contribution in [0.25, 0.3) is 0 Å². The predicted molar refractivity (Wildman–Crippen MR) is 75.4 cm³/mol. The number of benzene rings is 1. The summed E-state index contributed by atoms with van der Waals surface area (Å²) < 4.78 is 10.3. The highest BCUT2D eigenvalue weighted by Crippen LogP contribution is 2.21. The molecule has 19 heavy (non-hydrogen) atoms. The fourth-order valence-electron chi connectivity index (χ4n) is 1.46. The second kappa shape index (κ2) is 7.43. The molecule has 0 bridgehead atoms. The average molecular weight is 264 g/mol. The maximum absolute atomic E-state index is 11.8. The van der Waals surface area contributed by atoms with Gasteiger partial charge in [-0.3, -0.25) is 4.79 Å². The Morgan fingerprint density at radius 1 is 1.47 bits per heavy atom. The van der Waals surface area contributed by atoms with Crippen LogP contribution in [0.4, 0.5) is 5.69 Å². The van der Waals surface area contributed by atoms with Crippen LogP contribution >= 0.6 is 0 Å². The van der Waals surface area contributed by atoms with Crippen molar-refractivity contribution < 1.29 is 14.3 Å². The zero-order valence-electron chi connectivity index (χ0n) is 11.4. The van der Waals surface area contributed by atoms with Gasteiger partial charge in [-0.1, -0.05) is 12.2 Å². The van der Waals surface area contributed by atoms with Gasteiger partial charge in [0.1, 0.15) is 5.75 Å². The summed E-state index contributed by atoms with van der Waals surface area (Å²) in [5.41, 5.74) is 7.63. The van der Waals surface area contributed by atoms with Crippen LogP contribution in [0.3, 0.4) is 0 Å². The minimum absolute atomic E-state index is 0.187. The van der Waals surface area contributed by atoms with Gasteiger partial charge in [0, 0.05) is 12.1 Å². The lowest BCUT2D eigenvalue weighted by Gasteiger charge is -2.08. The van der Waals surface area contributed by atoms with Gasteiger partial charge in [-0.2, -0.15) is 0 Å². The van der Waals surface area contributed by atoms with Gasteiger partial charge in [-0.05, 0) is 25.1 Å². The minimum atomic E-state index is -0.187. The Bertz CT molecular complexity index is 458. The Balaban J connectivity index is 2.41. The molecule has 0 radical (unpaired) electrons. The predicted octanol–water partition coefficient (Wildman–Crippen LogP) is 1.60. The molecule has 1 aromatic rings. The van der Waals surface area contributed by atoms with Crippen molar-refractivity contribution in [2.75, 3.05) is 32.6 Å². The SMILES string of the molecule is C=C(C)COCCNC(=O)c1ccc(OC)c(N)c1. The average Bonchev–Trinajstić information content (AvgIpc) is 2.37. The third-order valence-electron chi connectivity index (χ3n) is 2.37. The molecule has 0 atom stereocenters. The highest BCUT2D eigenvalue weighted by atomic mass is 16.5. The van der Waals surface area contributed by atoms with Gasteiger partial charge in [0.15, 0.2) is 0 Å². The molecule has 1 amide bonds. The number of anilines is 1. The van der Waals surface area contributed by atoms with Crippen LogP contribution in [0.15, 0.2) is 30.4 Å². The van der Waals surface area contributed by atoms with Crippen molar-refractivity contribution in [3.63, 3.8) is 0 Å². The summed E-state index contributed by atoms with van der Waals surface area (Å²) in [4.78, 5) is 11.8. The molecule has 1 aromatic carbocycles. The third-order valence-corrected chi connectivity index (χ3v) is 2.37. The summed E-state index contributed by atoms with van der Waals surface area (Å²) in [6.07, 6.45) is 0. The number of ether oxygens (including phenoxy) is 2. The van der Waals surface area contributed by atoms with E-state index in [9.17, 15) is 4.79 Å². The first-order valence-corrected chi connectivity index (χ1v) is 5.98. The first-order chi connectivity index (χ1) is 9.04. The quantitative estimate of drug-likeness (QED) is 0.445. The van der Waals surface area contributed by atoms with Crippen LogP contribution in [-0.4, -0.2) is 32.8 Å². The Morgan fingerprint density at radius 3 is 2.79 bits per heavy atom. The summed E-state index contributed by atoms with van der Waals surface area (Å²) >= 11 is 0. The normalized spacial score (nSPS) is 10.0. The molecule has 0 saturated carbocycles. The molecule has 3 N–H and O–H groups in total. The molecular formula is C14H20N2O3. The second-order valence-electron chi connectivity index (χ2n) is 4.22. The van der Waals surface area contributed by atoms with Crippen molar-refractivity contribution in [1.29, 1.82) is 0 Å². The lowest BCUT2D eigenvalue weighted by Crippen LogP contribution is -2.27. The fourth-order valence-corrected chi connectivity index (χ4v) is 1.46. The Labute approximate surface area is 113 Å². The third kappa shape index (κ3) is 5.01. The molecule has 0 fully saturated rings. The van der Waals surface area contributed by atoms with E-state index in [1.54, 1.807) is 18.2 Å². The zero-order chi connectivity index (χ0) is 14.3. The molecule has 0 aliphatic carbocycles. The van der Waals surface area contributed by atoms with Gasteiger partial charge in [0.05, 0.1) is 26.0 Å². The Kier molecular flexibility index (Phi) is 5.89. The number of hydrogen-bond acceptors (Lipinski definition) is 4. The van der Waals surface area contributed by atoms with Crippen LogP contribution in [0.2, 0.25) is 0 Å². The number of hydrogen-bond donors (Lipinski definition) is 2. The van der Waals surface area contributed by atoms with Crippen LogP contribution in [-0.2, 0) is 4.74 Å².